The van der Waals surface area contributed by atoms with Gasteiger partial charge in [-0.05, 0) is 18.6 Å². The van der Waals surface area contributed by atoms with Crippen molar-refractivity contribution < 1.29 is 0 Å². The average Bonchev–Trinajstić information content (AvgIpc) is 2.03. The molecule has 0 atom stereocenters. The summed E-state index contributed by atoms with van der Waals surface area (Å²) in [6.07, 6.45) is 1.83. The van der Waals surface area contributed by atoms with E-state index in [2.05, 4.69) is 16.8 Å². The van der Waals surface area contributed by atoms with Crippen molar-refractivity contribution >= 4 is 23.4 Å². The molecular formula is C8H9ClN2S. The molecule has 0 saturated heterocycles. The number of aromatic nitrogens is 2. The van der Waals surface area contributed by atoms with Crippen LogP contribution in [0.1, 0.15) is 5.56 Å². The first kappa shape index (κ1) is 9.55. The van der Waals surface area contributed by atoms with Crippen LogP contribution in [-0.2, 0) is 0 Å². The zero-order valence-electron chi connectivity index (χ0n) is 6.75. The van der Waals surface area contributed by atoms with Crippen LogP contribution in [0.2, 0.25) is 5.15 Å². The summed E-state index contributed by atoms with van der Waals surface area (Å²) in [6.45, 7) is 5.59. The van der Waals surface area contributed by atoms with Crippen molar-refractivity contribution in [2.75, 3.05) is 5.75 Å². The Morgan fingerprint density at radius 1 is 1.67 bits per heavy atom. The van der Waals surface area contributed by atoms with E-state index in [1.165, 1.54) is 0 Å². The highest BCUT2D eigenvalue weighted by molar-refractivity contribution is 7.99. The zero-order chi connectivity index (χ0) is 8.97. The maximum Gasteiger partial charge on any atom is 0.152 e. The fourth-order valence-electron chi connectivity index (χ4n) is 0.722. The summed E-state index contributed by atoms with van der Waals surface area (Å²) >= 11 is 7.25. The van der Waals surface area contributed by atoms with Crippen molar-refractivity contribution in [2.24, 2.45) is 0 Å². The molecule has 0 aliphatic carbocycles. The molecule has 2 nitrogen and oxygen atoms in total. The quantitative estimate of drug-likeness (QED) is 0.554. The molecule has 0 aromatic carbocycles. The van der Waals surface area contributed by atoms with Gasteiger partial charge in [-0.15, -0.1) is 28.5 Å². The van der Waals surface area contributed by atoms with Crippen LogP contribution in [0.4, 0.5) is 0 Å². The maximum absolute atomic E-state index is 5.65. The molecular weight excluding hydrogens is 192 g/mol. The van der Waals surface area contributed by atoms with Gasteiger partial charge in [0.05, 0.1) is 0 Å². The molecule has 1 rings (SSSR count). The molecule has 0 unspecified atom stereocenters. The molecule has 0 bridgehead atoms. The van der Waals surface area contributed by atoms with Gasteiger partial charge in [-0.3, -0.25) is 0 Å². The Hall–Kier alpha value is -0.540. The number of halogens is 1. The molecule has 1 heterocycles. The Bertz CT molecular complexity index is 288. The summed E-state index contributed by atoms with van der Waals surface area (Å²) in [7, 11) is 0. The molecule has 0 aliphatic rings. The van der Waals surface area contributed by atoms with Crippen LogP contribution in [0, 0.1) is 6.92 Å². The van der Waals surface area contributed by atoms with Crippen molar-refractivity contribution in [3.05, 3.63) is 29.4 Å². The van der Waals surface area contributed by atoms with E-state index in [9.17, 15) is 0 Å². The van der Waals surface area contributed by atoms with Crippen LogP contribution in [0.3, 0.4) is 0 Å². The van der Waals surface area contributed by atoms with Gasteiger partial charge in [-0.1, -0.05) is 17.7 Å². The predicted molar refractivity (Wildman–Crippen MR) is 52.7 cm³/mol. The van der Waals surface area contributed by atoms with E-state index in [-0.39, 0.29) is 0 Å². The van der Waals surface area contributed by atoms with Crippen molar-refractivity contribution in [3.63, 3.8) is 0 Å². The lowest BCUT2D eigenvalue weighted by molar-refractivity contribution is 0.908. The first-order valence-corrected chi connectivity index (χ1v) is 4.84. The van der Waals surface area contributed by atoms with Gasteiger partial charge in [0.15, 0.2) is 5.15 Å². The van der Waals surface area contributed by atoms with Gasteiger partial charge < -0.3 is 0 Å². The molecule has 0 fully saturated rings. The van der Waals surface area contributed by atoms with E-state index in [0.29, 0.717) is 5.15 Å². The van der Waals surface area contributed by atoms with Crippen LogP contribution >= 0.6 is 23.4 Å². The Morgan fingerprint density at radius 3 is 3.00 bits per heavy atom. The average molecular weight is 201 g/mol. The Kier molecular flexibility index (Phi) is 3.56. The summed E-state index contributed by atoms with van der Waals surface area (Å²) in [5.74, 6) is 0.844. The third kappa shape index (κ3) is 2.50. The summed E-state index contributed by atoms with van der Waals surface area (Å²) < 4.78 is 0. The van der Waals surface area contributed by atoms with E-state index >= 15 is 0 Å². The number of hydrogen-bond donors (Lipinski definition) is 0. The number of rotatable bonds is 3. The van der Waals surface area contributed by atoms with Gasteiger partial charge in [-0.25, -0.2) is 0 Å². The minimum atomic E-state index is 0.440. The summed E-state index contributed by atoms with van der Waals surface area (Å²) in [4.78, 5) is 0. The second kappa shape index (κ2) is 4.48. The van der Waals surface area contributed by atoms with Gasteiger partial charge in [0, 0.05) is 5.75 Å². The normalized spacial score (nSPS) is 9.83. The van der Waals surface area contributed by atoms with Crippen LogP contribution < -0.4 is 0 Å². The second-order valence-electron chi connectivity index (χ2n) is 2.25. The van der Waals surface area contributed by atoms with Crippen LogP contribution in [0.25, 0.3) is 0 Å². The van der Waals surface area contributed by atoms with Crippen LogP contribution in [0.15, 0.2) is 23.7 Å². The van der Waals surface area contributed by atoms with Gasteiger partial charge in [0.1, 0.15) is 5.03 Å². The highest BCUT2D eigenvalue weighted by atomic mass is 35.5. The lowest BCUT2D eigenvalue weighted by Crippen LogP contribution is -1.90. The van der Waals surface area contributed by atoms with E-state index in [1.54, 1.807) is 17.8 Å². The van der Waals surface area contributed by atoms with Crippen molar-refractivity contribution in [2.45, 2.75) is 11.9 Å². The van der Waals surface area contributed by atoms with Crippen molar-refractivity contribution in [1.29, 1.82) is 0 Å². The van der Waals surface area contributed by atoms with Crippen LogP contribution in [-0.4, -0.2) is 16.0 Å². The molecule has 0 saturated carbocycles. The third-order valence-corrected chi connectivity index (χ3v) is 2.51. The smallest absolute Gasteiger partial charge is 0.142 e. The van der Waals surface area contributed by atoms with E-state index in [0.717, 1.165) is 16.3 Å². The van der Waals surface area contributed by atoms with Gasteiger partial charge in [0.25, 0.3) is 0 Å². The van der Waals surface area contributed by atoms with Crippen molar-refractivity contribution in [3.8, 4) is 0 Å². The molecule has 0 N–H and O–H groups in total. The summed E-state index contributed by atoms with van der Waals surface area (Å²) in [5.41, 5.74) is 1.06. The summed E-state index contributed by atoms with van der Waals surface area (Å²) in [5, 5.41) is 9.06. The first-order valence-electron chi connectivity index (χ1n) is 3.47. The molecule has 1 aromatic heterocycles. The topological polar surface area (TPSA) is 25.8 Å². The van der Waals surface area contributed by atoms with Crippen LogP contribution in [0.5, 0.6) is 0 Å². The SMILES string of the molecule is C=CCSc1nnc(Cl)cc1C. The minimum Gasteiger partial charge on any atom is -0.142 e. The van der Waals surface area contributed by atoms with Crippen molar-refractivity contribution in [1.82, 2.24) is 10.2 Å². The highest BCUT2D eigenvalue weighted by Gasteiger charge is 2.00. The molecule has 0 aliphatic heterocycles. The van der Waals surface area contributed by atoms with E-state index < -0.39 is 0 Å². The standard InChI is InChI=1S/C8H9ClN2S/c1-3-4-12-8-6(2)5-7(9)10-11-8/h3,5H,1,4H2,2H3. The lowest BCUT2D eigenvalue weighted by atomic mass is 10.4. The summed E-state index contributed by atoms with van der Waals surface area (Å²) in [6, 6.07) is 1.81. The largest absolute Gasteiger partial charge is 0.152 e. The predicted octanol–water partition coefficient (Wildman–Crippen LogP) is 2.72. The number of aryl methyl sites for hydroxylation is 1. The van der Waals surface area contributed by atoms with E-state index in [1.807, 2.05) is 13.0 Å². The molecule has 1 aromatic rings. The first-order chi connectivity index (χ1) is 5.74. The third-order valence-electron chi connectivity index (χ3n) is 1.25. The molecule has 4 heteroatoms. The Labute approximate surface area is 81.0 Å². The number of hydrogen-bond acceptors (Lipinski definition) is 3. The molecule has 0 radical (unpaired) electrons. The highest BCUT2D eigenvalue weighted by Crippen LogP contribution is 2.20. The maximum atomic E-state index is 5.65. The molecule has 0 amide bonds. The monoisotopic (exact) mass is 200 g/mol. The second-order valence-corrected chi connectivity index (χ2v) is 3.65. The fraction of sp³-hybridized carbons (Fsp3) is 0.250. The molecule has 0 spiro atoms. The van der Waals surface area contributed by atoms with Gasteiger partial charge in [0.2, 0.25) is 0 Å². The van der Waals surface area contributed by atoms with Gasteiger partial charge >= 0.3 is 0 Å². The zero-order valence-corrected chi connectivity index (χ0v) is 8.32. The Morgan fingerprint density at radius 2 is 2.42 bits per heavy atom. The number of thioether (sulfide) groups is 1. The lowest BCUT2D eigenvalue weighted by Gasteiger charge is -2.00. The molecule has 64 valence electrons. The Balaban J connectivity index is 2.78. The minimum absolute atomic E-state index is 0.440. The van der Waals surface area contributed by atoms with E-state index in [4.69, 9.17) is 11.6 Å². The number of nitrogens with zero attached hydrogens (tertiary/aromatic N) is 2. The fourth-order valence-corrected chi connectivity index (χ4v) is 1.58. The molecule has 12 heavy (non-hydrogen) atoms. The van der Waals surface area contributed by atoms with Gasteiger partial charge in [-0.2, -0.15) is 0 Å².